The summed E-state index contributed by atoms with van der Waals surface area (Å²) in [6.07, 6.45) is 3.87. The Balaban J connectivity index is 2.46. The number of aromatic nitrogens is 3. The summed E-state index contributed by atoms with van der Waals surface area (Å²) in [5.74, 6) is 0. The lowest BCUT2D eigenvalue weighted by atomic mass is 10.2. The van der Waals surface area contributed by atoms with Gasteiger partial charge in [-0.05, 0) is 6.92 Å². The van der Waals surface area contributed by atoms with Crippen LogP contribution >= 0.6 is 11.3 Å². The predicted octanol–water partition coefficient (Wildman–Crippen LogP) is 1.49. The van der Waals surface area contributed by atoms with Crippen molar-refractivity contribution in [2.75, 3.05) is 0 Å². The lowest BCUT2D eigenvalue weighted by molar-refractivity contribution is 0.647. The summed E-state index contributed by atoms with van der Waals surface area (Å²) in [4.78, 5) is 5.18. The molecule has 2 aromatic rings. The number of hydrogen-bond donors (Lipinski definition) is 1. The Hall–Kier alpha value is -1.20. The van der Waals surface area contributed by atoms with E-state index in [0.717, 1.165) is 22.7 Å². The summed E-state index contributed by atoms with van der Waals surface area (Å²) in [5, 5.41) is 4.37. The third kappa shape index (κ3) is 1.56. The molecule has 74 valence electrons. The van der Waals surface area contributed by atoms with Crippen molar-refractivity contribution in [3.8, 4) is 10.4 Å². The maximum Gasteiger partial charge on any atom is 0.0847 e. The molecule has 0 aliphatic heterocycles. The summed E-state index contributed by atoms with van der Waals surface area (Å²) in [6, 6.07) is 0. The van der Waals surface area contributed by atoms with E-state index in [1.165, 1.54) is 0 Å². The molecule has 0 unspecified atom stereocenters. The molecule has 14 heavy (non-hydrogen) atoms. The number of nitrogens with two attached hydrogens (primary N) is 1. The van der Waals surface area contributed by atoms with Crippen LogP contribution in [0.25, 0.3) is 10.4 Å². The molecule has 0 fully saturated rings. The zero-order valence-corrected chi connectivity index (χ0v) is 8.79. The fourth-order valence-electron chi connectivity index (χ4n) is 1.33. The van der Waals surface area contributed by atoms with Crippen molar-refractivity contribution in [1.82, 2.24) is 14.8 Å². The first-order chi connectivity index (χ1) is 6.85. The van der Waals surface area contributed by atoms with Gasteiger partial charge in [-0.1, -0.05) is 0 Å². The molecular weight excluding hydrogens is 196 g/mol. The summed E-state index contributed by atoms with van der Waals surface area (Å²) in [5.41, 5.74) is 9.50. The van der Waals surface area contributed by atoms with Gasteiger partial charge in [0.2, 0.25) is 0 Å². The number of aryl methyl sites for hydroxylation is 1. The summed E-state index contributed by atoms with van der Waals surface area (Å²) in [7, 11) is 0. The molecule has 0 aliphatic rings. The minimum atomic E-state index is 0.472. The van der Waals surface area contributed by atoms with Crippen molar-refractivity contribution < 1.29 is 0 Å². The van der Waals surface area contributed by atoms with Gasteiger partial charge in [0, 0.05) is 31.0 Å². The van der Waals surface area contributed by atoms with Gasteiger partial charge in [-0.25, -0.2) is 0 Å². The molecule has 2 heterocycles. The topological polar surface area (TPSA) is 56.7 Å². The van der Waals surface area contributed by atoms with E-state index in [2.05, 4.69) is 17.0 Å². The molecule has 0 amide bonds. The average molecular weight is 208 g/mol. The van der Waals surface area contributed by atoms with Gasteiger partial charge in [0.15, 0.2) is 0 Å². The molecule has 0 spiro atoms. The van der Waals surface area contributed by atoms with E-state index >= 15 is 0 Å². The van der Waals surface area contributed by atoms with Gasteiger partial charge in [0.1, 0.15) is 0 Å². The van der Waals surface area contributed by atoms with Crippen molar-refractivity contribution in [2.45, 2.75) is 20.0 Å². The molecule has 5 heteroatoms. The summed E-state index contributed by atoms with van der Waals surface area (Å²) >= 11 is 1.61. The van der Waals surface area contributed by atoms with Gasteiger partial charge in [0.05, 0.1) is 16.1 Å². The third-order valence-corrected chi connectivity index (χ3v) is 2.86. The first-order valence-corrected chi connectivity index (χ1v) is 5.38. The number of thiazole rings is 1. The van der Waals surface area contributed by atoms with Gasteiger partial charge >= 0.3 is 0 Å². The van der Waals surface area contributed by atoms with Crippen molar-refractivity contribution in [2.24, 2.45) is 5.73 Å². The summed E-state index contributed by atoms with van der Waals surface area (Å²) < 4.78 is 1.90. The minimum absolute atomic E-state index is 0.472. The Bertz CT molecular complexity index is 404. The van der Waals surface area contributed by atoms with E-state index in [1.54, 1.807) is 11.3 Å². The van der Waals surface area contributed by atoms with Crippen LogP contribution in [0.15, 0.2) is 17.9 Å². The van der Waals surface area contributed by atoms with Crippen LogP contribution in [0.5, 0.6) is 0 Å². The molecule has 0 radical (unpaired) electrons. The van der Waals surface area contributed by atoms with E-state index in [4.69, 9.17) is 5.73 Å². The Morgan fingerprint density at radius 1 is 1.57 bits per heavy atom. The van der Waals surface area contributed by atoms with Gasteiger partial charge in [-0.15, -0.1) is 11.3 Å². The largest absolute Gasteiger partial charge is 0.325 e. The Morgan fingerprint density at radius 3 is 3.00 bits per heavy atom. The smallest absolute Gasteiger partial charge is 0.0847 e. The molecule has 2 rings (SSSR count). The molecule has 0 atom stereocenters. The quantitative estimate of drug-likeness (QED) is 0.831. The Morgan fingerprint density at radius 2 is 2.43 bits per heavy atom. The van der Waals surface area contributed by atoms with E-state index in [0.29, 0.717) is 6.54 Å². The van der Waals surface area contributed by atoms with Crippen LogP contribution in [0.2, 0.25) is 0 Å². The van der Waals surface area contributed by atoms with Gasteiger partial charge in [0.25, 0.3) is 0 Å². The molecule has 2 N–H and O–H groups in total. The number of nitrogens with zero attached hydrogens (tertiary/aromatic N) is 3. The third-order valence-electron chi connectivity index (χ3n) is 2.05. The van der Waals surface area contributed by atoms with E-state index in [1.807, 2.05) is 22.6 Å². The second-order valence-electron chi connectivity index (χ2n) is 2.91. The number of hydrogen-bond acceptors (Lipinski definition) is 4. The van der Waals surface area contributed by atoms with Crippen LogP contribution in [-0.2, 0) is 13.1 Å². The second-order valence-corrected chi connectivity index (χ2v) is 3.80. The van der Waals surface area contributed by atoms with Crippen molar-refractivity contribution >= 4 is 11.3 Å². The van der Waals surface area contributed by atoms with E-state index < -0.39 is 0 Å². The molecule has 2 aromatic heterocycles. The first kappa shape index (κ1) is 9.36. The zero-order chi connectivity index (χ0) is 9.97. The van der Waals surface area contributed by atoms with E-state index in [9.17, 15) is 0 Å². The molecular formula is C9H12N4S. The lowest BCUT2D eigenvalue weighted by Crippen LogP contribution is -2.00. The molecule has 0 bridgehead atoms. The van der Waals surface area contributed by atoms with Crippen molar-refractivity contribution in [1.29, 1.82) is 0 Å². The number of rotatable bonds is 3. The maximum atomic E-state index is 5.63. The second kappa shape index (κ2) is 3.89. The first-order valence-electron chi connectivity index (χ1n) is 4.50. The molecule has 0 saturated heterocycles. The highest BCUT2D eigenvalue weighted by atomic mass is 32.1. The SMILES string of the molecule is CCn1cc(-c2cncs2)c(CN)n1. The Kier molecular flexibility index (Phi) is 2.60. The lowest BCUT2D eigenvalue weighted by Gasteiger charge is -1.92. The van der Waals surface area contributed by atoms with Gasteiger partial charge in [-0.3, -0.25) is 9.67 Å². The standard InChI is InChI=1S/C9H12N4S/c1-2-13-5-7(8(3-10)12-13)9-4-11-6-14-9/h4-6H,2-3,10H2,1H3. The fraction of sp³-hybridized carbons (Fsp3) is 0.333. The summed E-state index contributed by atoms with van der Waals surface area (Å²) in [6.45, 7) is 3.40. The van der Waals surface area contributed by atoms with Crippen molar-refractivity contribution in [3.05, 3.63) is 23.6 Å². The monoisotopic (exact) mass is 208 g/mol. The van der Waals surface area contributed by atoms with Crippen LogP contribution in [0, 0.1) is 0 Å². The maximum absolute atomic E-state index is 5.63. The fourth-order valence-corrected chi connectivity index (χ4v) is 1.98. The average Bonchev–Trinajstić information content (AvgIpc) is 2.85. The highest BCUT2D eigenvalue weighted by Gasteiger charge is 2.09. The van der Waals surface area contributed by atoms with Crippen LogP contribution < -0.4 is 5.73 Å². The van der Waals surface area contributed by atoms with Gasteiger partial charge < -0.3 is 5.73 Å². The highest BCUT2D eigenvalue weighted by Crippen LogP contribution is 2.25. The normalized spacial score (nSPS) is 10.7. The van der Waals surface area contributed by atoms with Gasteiger partial charge in [-0.2, -0.15) is 5.10 Å². The zero-order valence-electron chi connectivity index (χ0n) is 7.97. The minimum Gasteiger partial charge on any atom is -0.325 e. The van der Waals surface area contributed by atoms with Crippen LogP contribution in [0.3, 0.4) is 0 Å². The van der Waals surface area contributed by atoms with Crippen LogP contribution in [0.1, 0.15) is 12.6 Å². The van der Waals surface area contributed by atoms with Crippen LogP contribution in [-0.4, -0.2) is 14.8 Å². The molecule has 0 saturated carbocycles. The van der Waals surface area contributed by atoms with Crippen molar-refractivity contribution in [3.63, 3.8) is 0 Å². The van der Waals surface area contributed by atoms with Crippen LogP contribution in [0.4, 0.5) is 0 Å². The predicted molar refractivity (Wildman–Crippen MR) is 56.9 cm³/mol. The highest BCUT2D eigenvalue weighted by molar-refractivity contribution is 7.13. The molecule has 0 aromatic carbocycles. The van der Waals surface area contributed by atoms with E-state index in [-0.39, 0.29) is 0 Å². The molecule has 0 aliphatic carbocycles. The molecule has 4 nitrogen and oxygen atoms in total. The Labute approximate surface area is 86.4 Å².